The number of carbonyl (C=O) groups is 1. The lowest BCUT2D eigenvalue weighted by Gasteiger charge is -2.24. The topological polar surface area (TPSA) is 64.3 Å². The minimum absolute atomic E-state index is 0.0544. The molecule has 2 aliphatic rings. The highest BCUT2D eigenvalue weighted by Gasteiger charge is 2.34. The Bertz CT molecular complexity index is 267. The van der Waals surface area contributed by atoms with Gasteiger partial charge in [0.25, 0.3) is 0 Å². The molecule has 0 aromatic carbocycles. The smallest absolute Gasteiger partial charge is 0.227 e. The highest BCUT2D eigenvalue weighted by Crippen LogP contribution is 2.37. The van der Waals surface area contributed by atoms with Crippen LogP contribution in [0, 0.1) is 5.92 Å². The van der Waals surface area contributed by atoms with E-state index in [1.807, 2.05) is 11.8 Å². The van der Waals surface area contributed by atoms with Crippen molar-refractivity contribution in [2.24, 2.45) is 11.7 Å². The minimum atomic E-state index is -0.157. The van der Waals surface area contributed by atoms with E-state index in [0.29, 0.717) is 13.2 Å². The summed E-state index contributed by atoms with van der Waals surface area (Å²) in [4.78, 5) is 11.9. The van der Waals surface area contributed by atoms with Gasteiger partial charge in [0.1, 0.15) is 0 Å². The van der Waals surface area contributed by atoms with Gasteiger partial charge in [0.2, 0.25) is 5.91 Å². The maximum absolute atomic E-state index is 11.9. The first-order valence-corrected chi connectivity index (χ1v) is 6.84. The van der Waals surface area contributed by atoms with Crippen LogP contribution in [-0.4, -0.2) is 42.2 Å². The predicted octanol–water partition coefficient (Wildman–Crippen LogP) is 0.362. The standard InChI is InChI=1S/C11H20N2O2S/c1-11(3-2-4-16-11)7-13-10(14)8-5-15-6-9(8)12/h8-9H,2-7,12H2,1H3,(H,13,14). The maximum atomic E-state index is 11.9. The van der Waals surface area contributed by atoms with Gasteiger partial charge in [-0.25, -0.2) is 0 Å². The molecule has 0 aromatic heterocycles. The van der Waals surface area contributed by atoms with Crippen molar-refractivity contribution in [2.45, 2.75) is 30.6 Å². The molecule has 0 radical (unpaired) electrons. The molecule has 5 heteroatoms. The van der Waals surface area contributed by atoms with Crippen molar-refractivity contribution in [3.8, 4) is 0 Å². The molecule has 0 aromatic rings. The highest BCUT2D eigenvalue weighted by molar-refractivity contribution is 8.00. The molecule has 0 saturated carbocycles. The first-order valence-electron chi connectivity index (χ1n) is 5.86. The first-order chi connectivity index (χ1) is 7.61. The van der Waals surface area contributed by atoms with E-state index in [1.165, 1.54) is 18.6 Å². The van der Waals surface area contributed by atoms with Crippen molar-refractivity contribution >= 4 is 17.7 Å². The van der Waals surface area contributed by atoms with Gasteiger partial charge in [-0.1, -0.05) is 0 Å². The van der Waals surface area contributed by atoms with Gasteiger partial charge >= 0.3 is 0 Å². The highest BCUT2D eigenvalue weighted by atomic mass is 32.2. The predicted molar refractivity (Wildman–Crippen MR) is 65.4 cm³/mol. The summed E-state index contributed by atoms with van der Waals surface area (Å²) in [6.07, 6.45) is 2.44. The summed E-state index contributed by atoms with van der Waals surface area (Å²) in [6.45, 7) is 3.94. The number of hydrogen-bond donors (Lipinski definition) is 2. The number of carbonyl (C=O) groups excluding carboxylic acids is 1. The number of amides is 1. The fourth-order valence-electron chi connectivity index (χ4n) is 2.22. The fraction of sp³-hybridized carbons (Fsp3) is 0.909. The van der Waals surface area contributed by atoms with E-state index in [1.54, 1.807) is 0 Å². The van der Waals surface area contributed by atoms with Crippen molar-refractivity contribution in [1.29, 1.82) is 0 Å². The zero-order chi connectivity index (χ0) is 11.6. The van der Waals surface area contributed by atoms with E-state index in [0.717, 1.165) is 6.54 Å². The van der Waals surface area contributed by atoms with Crippen LogP contribution in [0.1, 0.15) is 19.8 Å². The number of hydrogen-bond acceptors (Lipinski definition) is 4. The van der Waals surface area contributed by atoms with Gasteiger partial charge < -0.3 is 15.8 Å². The Balaban J connectivity index is 1.79. The molecular formula is C11H20N2O2S. The Morgan fingerprint density at radius 2 is 2.44 bits per heavy atom. The van der Waals surface area contributed by atoms with Gasteiger partial charge in [-0.3, -0.25) is 4.79 Å². The van der Waals surface area contributed by atoms with E-state index < -0.39 is 0 Å². The van der Waals surface area contributed by atoms with Crippen LogP contribution in [0.4, 0.5) is 0 Å². The molecule has 2 saturated heterocycles. The average Bonchev–Trinajstić information content (AvgIpc) is 2.85. The van der Waals surface area contributed by atoms with Crippen LogP contribution in [0.5, 0.6) is 0 Å². The third-order valence-electron chi connectivity index (χ3n) is 3.40. The summed E-state index contributed by atoms with van der Waals surface area (Å²) in [5.41, 5.74) is 5.81. The van der Waals surface area contributed by atoms with Crippen LogP contribution in [0.15, 0.2) is 0 Å². The average molecular weight is 244 g/mol. The molecule has 16 heavy (non-hydrogen) atoms. The Hall–Kier alpha value is -0.260. The number of rotatable bonds is 3. The normalized spacial score (nSPS) is 38.9. The van der Waals surface area contributed by atoms with Crippen LogP contribution in [-0.2, 0) is 9.53 Å². The molecule has 0 bridgehead atoms. The lowest BCUT2D eigenvalue weighted by molar-refractivity contribution is -0.125. The van der Waals surface area contributed by atoms with Gasteiger partial charge in [-0.15, -0.1) is 0 Å². The molecule has 2 aliphatic heterocycles. The SMILES string of the molecule is CC1(CNC(=O)C2COCC2N)CCCS1. The Morgan fingerprint density at radius 3 is 3.00 bits per heavy atom. The molecule has 3 N–H and O–H groups in total. The Morgan fingerprint density at radius 1 is 1.62 bits per heavy atom. The van der Waals surface area contributed by atoms with E-state index in [4.69, 9.17) is 10.5 Å². The van der Waals surface area contributed by atoms with Gasteiger partial charge in [0, 0.05) is 17.3 Å². The summed E-state index contributed by atoms with van der Waals surface area (Å²) in [7, 11) is 0. The van der Waals surface area contributed by atoms with Gasteiger partial charge in [0.05, 0.1) is 19.1 Å². The zero-order valence-electron chi connectivity index (χ0n) is 9.70. The maximum Gasteiger partial charge on any atom is 0.227 e. The lowest BCUT2D eigenvalue weighted by atomic mass is 10.0. The third kappa shape index (κ3) is 2.70. The zero-order valence-corrected chi connectivity index (χ0v) is 10.5. The van der Waals surface area contributed by atoms with E-state index in [-0.39, 0.29) is 22.6 Å². The molecule has 2 rings (SSSR count). The first kappa shape index (κ1) is 12.2. The molecule has 3 atom stereocenters. The summed E-state index contributed by atoms with van der Waals surface area (Å²) >= 11 is 1.95. The summed E-state index contributed by atoms with van der Waals surface area (Å²) in [5.74, 6) is 1.10. The quantitative estimate of drug-likeness (QED) is 0.752. The fourth-order valence-corrected chi connectivity index (χ4v) is 3.47. The van der Waals surface area contributed by atoms with Crippen molar-refractivity contribution in [3.63, 3.8) is 0 Å². The molecule has 4 nitrogen and oxygen atoms in total. The number of nitrogens with one attached hydrogen (secondary N) is 1. The number of thioether (sulfide) groups is 1. The lowest BCUT2D eigenvalue weighted by Crippen LogP contribution is -2.45. The second-order valence-corrected chi connectivity index (χ2v) is 6.61. The number of nitrogens with two attached hydrogens (primary N) is 1. The number of ether oxygens (including phenoxy) is 1. The van der Waals surface area contributed by atoms with Crippen LogP contribution < -0.4 is 11.1 Å². The van der Waals surface area contributed by atoms with E-state index >= 15 is 0 Å². The molecule has 2 fully saturated rings. The monoisotopic (exact) mass is 244 g/mol. The molecule has 3 unspecified atom stereocenters. The van der Waals surface area contributed by atoms with Crippen molar-refractivity contribution in [3.05, 3.63) is 0 Å². The van der Waals surface area contributed by atoms with Crippen LogP contribution >= 0.6 is 11.8 Å². The van der Waals surface area contributed by atoms with Crippen LogP contribution in [0.2, 0.25) is 0 Å². The van der Waals surface area contributed by atoms with Crippen molar-refractivity contribution in [2.75, 3.05) is 25.5 Å². The van der Waals surface area contributed by atoms with Crippen molar-refractivity contribution in [1.82, 2.24) is 5.32 Å². The Labute approximate surface area is 101 Å². The van der Waals surface area contributed by atoms with Gasteiger partial charge in [-0.2, -0.15) is 11.8 Å². The van der Waals surface area contributed by atoms with E-state index in [2.05, 4.69) is 12.2 Å². The molecule has 0 spiro atoms. The van der Waals surface area contributed by atoms with Crippen LogP contribution in [0.25, 0.3) is 0 Å². The van der Waals surface area contributed by atoms with Gasteiger partial charge in [-0.05, 0) is 25.5 Å². The summed E-state index contributed by atoms with van der Waals surface area (Å²) < 4.78 is 5.42. The van der Waals surface area contributed by atoms with Crippen molar-refractivity contribution < 1.29 is 9.53 Å². The molecule has 2 heterocycles. The Kier molecular flexibility index (Phi) is 3.77. The third-order valence-corrected chi connectivity index (χ3v) is 4.94. The van der Waals surface area contributed by atoms with E-state index in [9.17, 15) is 4.79 Å². The molecule has 92 valence electrons. The second-order valence-electron chi connectivity index (χ2n) is 4.93. The van der Waals surface area contributed by atoms with Gasteiger partial charge in [0.15, 0.2) is 0 Å². The summed E-state index contributed by atoms with van der Waals surface area (Å²) in [6, 6.07) is -0.135. The second kappa shape index (κ2) is 4.94. The molecule has 0 aliphatic carbocycles. The largest absolute Gasteiger partial charge is 0.379 e. The minimum Gasteiger partial charge on any atom is -0.379 e. The molecule has 1 amide bonds. The molecular weight excluding hydrogens is 224 g/mol. The summed E-state index contributed by atoms with van der Waals surface area (Å²) in [5, 5.41) is 3.02. The van der Waals surface area contributed by atoms with Crippen LogP contribution in [0.3, 0.4) is 0 Å².